The second-order valence-corrected chi connectivity index (χ2v) is 5.30. The Bertz CT molecular complexity index is 747. The molecule has 0 radical (unpaired) electrons. The molecule has 2 aromatic carbocycles. The van der Waals surface area contributed by atoms with Gasteiger partial charge in [0.25, 0.3) is 0 Å². The van der Waals surface area contributed by atoms with Crippen LogP contribution in [-0.2, 0) is 20.9 Å². The molecule has 3 N–H and O–H groups in total. The fourth-order valence-corrected chi connectivity index (χ4v) is 2.30. The molecule has 1 atom stereocenters. The van der Waals surface area contributed by atoms with Crippen LogP contribution in [0.1, 0.15) is 18.4 Å². The van der Waals surface area contributed by atoms with Gasteiger partial charge in [0.15, 0.2) is 0 Å². The predicted octanol–water partition coefficient (Wildman–Crippen LogP) is 2.44. The number of nitrogens with one attached hydrogen (secondary N) is 1. The second kappa shape index (κ2) is 8.88. The summed E-state index contributed by atoms with van der Waals surface area (Å²) >= 11 is 0. The quantitative estimate of drug-likeness (QED) is 0.710. The van der Waals surface area contributed by atoms with Gasteiger partial charge in [-0.1, -0.05) is 36.4 Å². The van der Waals surface area contributed by atoms with Gasteiger partial charge in [-0.25, -0.2) is 0 Å². The van der Waals surface area contributed by atoms with Crippen LogP contribution in [-0.4, -0.2) is 28.1 Å². The molecule has 7 heteroatoms. The highest BCUT2D eigenvalue weighted by Gasteiger charge is 2.23. The van der Waals surface area contributed by atoms with Gasteiger partial charge in [0.1, 0.15) is 0 Å². The van der Waals surface area contributed by atoms with Crippen molar-refractivity contribution in [1.29, 1.82) is 0 Å². The number of aliphatic carboxylic acids is 2. The van der Waals surface area contributed by atoms with E-state index in [-0.39, 0.29) is 25.4 Å². The maximum absolute atomic E-state index is 11.8. The smallest absolute Gasteiger partial charge is 0.307 e. The minimum absolute atomic E-state index is 0. The first-order chi connectivity index (χ1) is 11.0. The van der Waals surface area contributed by atoms with Crippen LogP contribution in [0.4, 0.5) is 0 Å². The van der Waals surface area contributed by atoms with Crippen LogP contribution in [0.25, 0.3) is 10.8 Å². The lowest BCUT2D eigenvalue weighted by molar-refractivity contribution is -0.149. The summed E-state index contributed by atoms with van der Waals surface area (Å²) in [7, 11) is 0. The maximum Gasteiger partial charge on any atom is 0.307 e. The number of fused-ring (bicyclic) bond motifs is 1. The zero-order valence-electron chi connectivity index (χ0n) is 12.8. The molecule has 0 aliphatic rings. The standard InChI is InChI=1S/C17H17NO5.ClH/c19-15(8-14(17(22)23)9-16(20)21)18-10-11-5-6-12-3-1-2-4-13(12)7-11;/h1-7,14H,8-10H2,(H,18,19)(H,20,21)(H,22,23);1H. The molecule has 6 nitrogen and oxygen atoms in total. The number of hydrogen-bond donors (Lipinski definition) is 3. The van der Waals surface area contributed by atoms with Crippen molar-refractivity contribution in [3.05, 3.63) is 48.0 Å². The van der Waals surface area contributed by atoms with Crippen molar-refractivity contribution < 1.29 is 24.6 Å². The molecule has 24 heavy (non-hydrogen) atoms. The Hall–Kier alpha value is -2.60. The van der Waals surface area contributed by atoms with Gasteiger partial charge in [0.2, 0.25) is 5.91 Å². The number of carboxylic acid groups (broad SMARTS) is 2. The third-order valence-corrected chi connectivity index (χ3v) is 3.51. The number of carbonyl (C=O) groups is 3. The van der Waals surface area contributed by atoms with Crippen LogP contribution in [0.15, 0.2) is 42.5 Å². The summed E-state index contributed by atoms with van der Waals surface area (Å²) in [5.74, 6) is -4.22. The number of hydrogen-bond acceptors (Lipinski definition) is 3. The van der Waals surface area contributed by atoms with E-state index in [9.17, 15) is 14.4 Å². The predicted molar refractivity (Wildman–Crippen MR) is 91.0 cm³/mol. The Morgan fingerprint density at radius 3 is 2.25 bits per heavy atom. The molecule has 0 fully saturated rings. The van der Waals surface area contributed by atoms with E-state index in [1.165, 1.54) is 0 Å². The molecule has 1 unspecified atom stereocenters. The Kier molecular flexibility index (Phi) is 7.20. The van der Waals surface area contributed by atoms with E-state index in [1.54, 1.807) is 0 Å². The zero-order valence-corrected chi connectivity index (χ0v) is 13.6. The highest BCUT2D eigenvalue weighted by Crippen LogP contribution is 2.15. The molecule has 0 aliphatic heterocycles. The lowest BCUT2D eigenvalue weighted by atomic mass is 10.0. The fraction of sp³-hybridized carbons (Fsp3) is 0.235. The van der Waals surface area contributed by atoms with E-state index in [0.717, 1.165) is 16.3 Å². The monoisotopic (exact) mass is 351 g/mol. The number of halogens is 1. The number of benzene rings is 2. The molecule has 0 aliphatic carbocycles. The van der Waals surface area contributed by atoms with Crippen LogP contribution in [0.2, 0.25) is 0 Å². The molecule has 0 spiro atoms. The average molecular weight is 352 g/mol. The van der Waals surface area contributed by atoms with Gasteiger partial charge in [-0.15, -0.1) is 12.4 Å². The van der Waals surface area contributed by atoms with Crippen LogP contribution < -0.4 is 5.32 Å². The third-order valence-electron chi connectivity index (χ3n) is 3.51. The first-order valence-electron chi connectivity index (χ1n) is 7.14. The van der Waals surface area contributed by atoms with Crippen LogP contribution in [0.3, 0.4) is 0 Å². The first kappa shape index (κ1) is 19.4. The van der Waals surface area contributed by atoms with Crippen molar-refractivity contribution in [2.75, 3.05) is 0 Å². The Labute approximate surface area is 144 Å². The van der Waals surface area contributed by atoms with Crippen LogP contribution in [0.5, 0.6) is 0 Å². The van der Waals surface area contributed by atoms with E-state index in [0.29, 0.717) is 0 Å². The summed E-state index contributed by atoms with van der Waals surface area (Å²) in [5.41, 5.74) is 0.891. The summed E-state index contributed by atoms with van der Waals surface area (Å²) < 4.78 is 0. The van der Waals surface area contributed by atoms with Crippen molar-refractivity contribution in [1.82, 2.24) is 5.32 Å². The lowest BCUT2D eigenvalue weighted by Crippen LogP contribution is -2.29. The maximum atomic E-state index is 11.8. The van der Waals surface area contributed by atoms with Gasteiger partial charge < -0.3 is 15.5 Å². The summed E-state index contributed by atoms with van der Waals surface area (Å²) in [5, 5.41) is 22.4. The van der Waals surface area contributed by atoms with E-state index < -0.39 is 30.2 Å². The number of carbonyl (C=O) groups excluding carboxylic acids is 1. The summed E-state index contributed by atoms with van der Waals surface area (Å²) in [6.45, 7) is 0.267. The number of rotatable bonds is 7. The van der Waals surface area contributed by atoms with Gasteiger partial charge in [0, 0.05) is 13.0 Å². The van der Waals surface area contributed by atoms with E-state index >= 15 is 0 Å². The molecule has 0 heterocycles. The molecule has 0 saturated heterocycles. The van der Waals surface area contributed by atoms with Crippen molar-refractivity contribution >= 4 is 41.0 Å². The second-order valence-electron chi connectivity index (χ2n) is 5.30. The Morgan fingerprint density at radius 1 is 0.958 bits per heavy atom. The molecule has 128 valence electrons. The molecule has 2 aromatic rings. The third kappa shape index (κ3) is 5.55. The molecule has 2 rings (SSSR count). The topological polar surface area (TPSA) is 104 Å². The molecule has 0 saturated carbocycles. The lowest BCUT2D eigenvalue weighted by Gasteiger charge is -2.10. The van der Waals surface area contributed by atoms with Gasteiger partial charge in [0.05, 0.1) is 12.3 Å². The minimum Gasteiger partial charge on any atom is -0.481 e. The van der Waals surface area contributed by atoms with Crippen molar-refractivity contribution in [3.63, 3.8) is 0 Å². The Balaban J connectivity index is 0.00000288. The van der Waals surface area contributed by atoms with Crippen molar-refractivity contribution in [3.8, 4) is 0 Å². The van der Waals surface area contributed by atoms with E-state index in [1.807, 2.05) is 42.5 Å². The molecule has 0 bridgehead atoms. The van der Waals surface area contributed by atoms with Gasteiger partial charge in [-0.3, -0.25) is 14.4 Å². The summed E-state index contributed by atoms with van der Waals surface area (Å²) in [6.07, 6.45) is -0.923. The highest BCUT2D eigenvalue weighted by atomic mass is 35.5. The molecular formula is C17H18ClNO5. The van der Waals surface area contributed by atoms with Crippen molar-refractivity contribution in [2.24, 2.45) is 5.92 Å². The van der Waals surface area contributed by atoms with Crippen LogP contribution >= 0.6 is 12.4 Å². The van der Waals surface area contributed by atoms with Gasteiger partial charge >= 0.3 is 11.9 Å². The first-order valence-corrected chi connectivity index (χ1v) is 7.14. The fourth-order valence-electron chi connectivity index (χ4n) is 2.30. The molecule has 1 amide bonds. The van der Waals surface area contributed by atoms with E-state index in [4.69, 9.17) is 10.2 Å². The SMILES string of the molecule is Cl.O=C(O)CC(CC(=O)NCc1ccc2ccccc2c1)C(=O)O. The largest absolute Gasteiger partial charge is 0.481 e. The minimum atomic E-state index is -1.28. The highest BCUT2D eigenvalue weighted by molar-refractivity contribution is 5.86. The number of carboxylic acids is 2. The average Bonchev–Trinajstić information content (AvgIpc) is 2.51. The summed E-state index contributed by atoms with van der Waals surface area (Å²) in [4.78, 5) is 33.4. The van der Waals surface area contributed by atoms with Crippen molar-refractivity contribution in [2.45, 2.75) is 19.4 Å². The zero-order chi connectivity index (χ0) is 16.8. The normalized spacial score (nSPS) is 11.3. The number of amides is 1. The van der Waals surface area contributed by atoms with Gasteiger partial charge in [-0.05, 0) is 22.4 Å². The Morgan fingerprint density at radius 2 is 1.62 bits per heavy atom. The molecular weight excluding hydrogens is 334 g/mol. The van der Waals surface area contributed by atoms with E-state index in [2.05, 4.69) is 5.32 Å². The van der Waals surface area contributed by atoms with Crippen LogP contribution in [0, 0.1) is 5.92 Å². The summed E-state index contributed by atoms with van der Waals surface area (Å²) in [6, 6.07) is 13.6. The van der Waals surface area contributed by atoms with Gasteiger partial charge in [-0.2, -0.15) is 0 Å². The molecule has 0 aromatic heterocycles.